The Morgan fingerprint density at radius 2 is 1.65 bits per heavy atom. The number of rotatable bonds is 2. The van der Waals surface area contributed by atoms with Crippen LogP contribution in [-0.4, -0.2) is 18.2 Å². The monoisotopic (exact) mass is 350 g/mol. The molecule has 1 aliphatic carbocycles. The van der Waals surface area contributed by atoms with Gasteiger partial charge in [-0.05, 0) is 62.7 Å². The molecule has 0 spiro atoms. The molecule has 2 heteroatoms. The van der Waals surface area contributed by atoms with Crippen molar-refractivity contribution in [1.29, 1.82) is 0 Å². The van der Waals surface area contributed by atoms with Crippen LogP contribution in [0.15, 0.2) is 48.5 Å². The summed E-state index contributed by atoms with van der Waals surface area (Å²) in [5, 5.41) is 0. The summed E-state index contributed by atoms with van der Waals surface area (Å²) >= 11 is 0. The molecule has 2 nitrogen and oxygen atoms in total. The number of nitrogens with zero attached hydrogens (tertiary/aromatic N) is 2. The highest BCUT2D eigenvalue weighted by molar-refractivity contribution is 5.69. The van der Waals surface area contributed by atoms with E-state index in [0.29, 0.717) is 0 Å². The van der Waals surface area contributed by atoms with Crippen LogP contribution in [-0.2, 0) is 0 Å². The second-order valence-electron chi connectivity index (χ2n) is 8.11. The summed E-state index contributed by atoms with van der Waals surface area (Å²) in [4.78, 5) is 4.17. The van der Waals surface area contributed by atoms with E-state index in [0.717, 1.165) is 35.3 Å². The first-order chi connectivity index (χ1) is 14.3. The average Bonchev–Trinajstić information content (AvgIpc) is 3.39. The third-order valence-corrected chi connectivity index (χ3v) is 6.72. The maximum Gasteiger partial charge on any atom is 0.0994 e. The molecular formula is C24H30N2. The second kappa shape index (κ2) is 6.04. The van der Waals surface area contributed by atoms with E-state index in [1.165, 1.54) is 12.8 Å². The molecule has 2 aromatic rings. The Morgan fingerprint density at radius 3 is 2.38 bits per heavy atom. The molecule has 2 aromatic carbocycles. The summed E-state index contributed by atoms with van der Waals surface area (Å²) in [5.41, 5.74) is 4.00. The minimum Gasteiger partial charge on any atom is -0.346 e. The molecule has 2 heterocycles. The molecule has 0 bridgehead atoms. The van der Waals surface area contributed by atoms with Crippen LogP contribution >= 0.6 is 0 Å². The lowest BCUT2D eigenvalue weighted by Gasteiger charge is -2.33. The van der Waals surface area contributed by atoms with Gasteiger partial charge in [-0.2, -0.15) is 0 Å². The number of anilines is 2. The smallest absolute Gasteiger partial charge is 0.0994 e. The summed E-state index contributed by atoms with van der Waals surface area (Å²) in [5.74, 6) is -0.516. The van der Waals surface area contributed by atoms with Crippen molar-refractivity contribution in [1.82, 2.24) is 0 Å². The second-order valence-corrected chi connectivity index (χ2v) is 8.11. The van der Waals surface area contributed by atoms with Crippen molar-refractivity contribution in [3.05, 3.63) is 59.7 Å². The largest absolute Gasteiger partial charge is 0.346 e. The molecule has 3 unspecified atom stereocenters. The highest BCUT2D eigenvalue weighted by Gasteiger charge is 2.54. The van der Waals surface area contributed by atoms with Crippen molar-refractivity contribution in [3.63, 3.8) is 0 Å². The van der Waals surface area contributed by atoms with Crippen LogP contribution in [0.2, 0.25) is 0 Å². The predicted octanol–water partition coefficient (Wildman–Crippen LogP) is 5.71. The summed E-state index contributed by atoms with van der Waals surface area (Å²) < 4.78 is 35.3. The number of fused-ring (bicyclic) bond motifs is 3. The summed E-state index contributed by atoms with van der Waals surface area (Å²) in [6, 6.07) is 15.9. The van der Waals surface area contributed by atoms with Gasteiger partial charge >= 0.3 is 0 Å². The first-order valence-electron chi connectivity index (χ1n) is 12.0. The minimum absolute atomic E-state index is 0.0815. The van der Waals surface area contributed by atoms with Gasteiger partial charge in [0.2, 0.25) is 0 Å². The molecule has 136 valence electrons. The van der Waals surface area contributed by atoms with Crippen molar-refractivity contribution in [2.75, 3.05) is 9.80 Å². The number of hydrogen-bond donors (Lipinski definition) is 0. The predicted molar refractivity (Wildman–Crippen MR) is 110 cm³/mol. The van der Waals surface area contributed by atoms with Crippen LogP contribution in [0.4, 0.5) is 11.4 Å². The van der Waals surface area contributed by atoms with Gasteiger partial charge in [0, 0.05) is 28.8 Å². The average molecular weight is 351 g/mol. The van der Waals surface area contributed by atoms with Crippen LogP contribution in [0.25, 0.3) is 0 Å². The van der Waals surface area contributed by atoms with E-state index in [1.54, 1.807) is 0 Å². The van der Waals surface area contributed by atoms with Gasteiger partial charge in [-0.1, -0.05) is 49.2 Å². The molecule has 0 radical (unpaired) electrons. The topological polar surface area (TPSA) is 6.48 Å². The van der Waals surface area contributed by atoms with E-state index >= 15 is 0 Å². The Bertz CT molecular complexity index is 952. The van der Waals surface area contributed by atoms with E-state index in [9.17, 15) is 1.37 Å². The Morgan fingerprint density at radius 1 is 0.962 bits per heavy atom. The fraction of sp³-hybridized carbons (Fsp3) is 0.500. The first kappa shape index (κ1) is 12.4. The Balaban J connectivity index is 1.73. The molecule has 4 atom stereocenters. The van der Waals surface area contributed by atoms with Crippen LogP contribution < -0.4 is 9.80 Å². The van der Waals surface area contributed by atoms with Crippen LogP contribution in [0.3, 0.4) is 0 Å². The molecule has 2 fully saturated rings. The minimum atomic E-state index is -2.20. The lowest BCUT2D eigenvalue weighted by Crippen LogP contribution is -2.39. The maximum atomic E-state index is 9.87. The van der Waals surface area contributed by atoms with Gasteiger partial charge in [-0.25, -0.2) is 0 Å². The molecule has 26 heavy (non-hydrogen) atoms. The Kier molecular flexibility index (Phi) is 2.89. The molecular weight excluding hydrogens is 316 g/mol. The fourth-order valence-electron chi connectivity index (χ4n) is 5.59. The van der Waals surface area contributed by atoms with Crippen LogP contribution in [0.1, 0.15) is 62.0 Å². The molecule has 1 saturated heterocycles. The Labute approximate surface area is 163 Å². The molecule has 0 amide bonds. The maximum absolute atomic E-state index is 9.87. The van der Waals surface area contributed by atoms with Crippen LogP contribution in [0.5, 0.6) is 0 Å². The SMILES string of the molecule is [2H]C([2H])([2H])C1N2c3ccccc3C([2H])(C3CCCC3)C2[C@H](C)N1c1ccccc1C. The normalized spacial score (nSPS) is 36.3. The fourth-order valence-corrected chi connectivity index (χ4v) is 5.59. The zero-order valence-electron chi connectivity index (χ0n) is 19.7. The Hall–Kier alpha value is -1.96. The van der Waals surface area contributed by atoms with Gasteiger partial charge < -0.3 is 9.80 Å². The zero-order valence-corrected chi connectivity index (χ0v) is 15.7. The quantitative estimate of drug-likeness (QED) is 0.684. The summed E-state index contributed by atoms with van der Waals surface area (Å²) in [6.45, 7) is 1.97. The highest BCUT2D eigenvalue weighted by atomic mass is 15.5. The standard InChI is InChI=1S/C24H30N2/c1-16-10-4-8-14-21(16)25-17(2)24-23(19-11-5-6-12-19)20-13-7-9-15-22(20)26(24)18(25)3/h4,7-10,13-15,17-19,23-24H,5-6,11-12H2,1-3H3/t17-,18?,23?,24?/m0/s1/i3D3,23D. The van der Waals surface area contributed by atoms with E-state index < -0.39 is 18.9 Å². The van der Waals surface area contributed by atoms with Crippen molar-refractivity contribution in [2.24, 2.45) is 5.92 Å². The number of aryl methyl sites for hydroxylation is 1. The lowest BCUT2D eigenvalue weighted by atomic mass is 9.79. The van der Waals surface area contributed by atoms with Crippen molar-refractivity contribution >= 4 is 11.4 Å². The third-order valence-electron chi connectivity index (χ3n) is 6.72. The van der Waals surface area contributed by atoms with E-state index in [-0.39, 0.29) is 18.0 Å². The van der Waals surface area contributed by atoms with Gasteiger partial charge in [-0.15, -0.1) is 0 Å². The van der Waals surface area contributed by atoms with Crippen molar-refractivity contribution in [2.45, 2.75) is 70.5 Å². The van der Waals surface area contributed by atoms with Gasteiger partial charge in [0.15, 0.2) is 0 Å². The molecule has 1 saturated carbocycles. The van der Waals surface area contributed by atoms with Gasteiger partial charge in [0.25, 0.3) is 0 Å². The van der Waals surface area contributed by atoms with Gasteiger partial charge in [-0.3, -0.25) is 0 Å². The molecule has 5 rings (SSSR count). The van der Waals surface area contributed by atoms with Crippen molar-refractivity contribution < 1.29 is 5.48 Å². The molecule has 3 aliphatic rings. The molecule has 0 N–H and O–H groups in total. The first-order valence-corrected chi connectivity index (χ1v) is 9.98. The third kappa shape index (κ3) is 2.17. The van der Waals surface area contributed by atoms with Crippen LogP contribution in [0, 0.1) is 12.8 Å². The molecule has 2 aliphatic heterocycles. The number of hydrogen-bond acceptors (Lipinski definition) is 2. The van der Waals surface area contributed by atoms with Gasteiger partial charge in [0.05, 0.1) is 12.2 Å². The number of para-hydroxylation sites is 2. The highest BCUT2D eigenvalue weighted by Crippen LogP contribution is 2.55. The number of benzene rings is 2. The lowest BCUT2D eigenvalue weighted by molar-refractivity contribution is 0.376. The van der Waals surface area contributed by atoms with E-state index in [4.69, 9.17) is 4.11 Å². The molecule has 0 aromatic heterocycles. The van der Waals surface area contributed by atoms with Gasteiger partial charge in [0.1, 0.15) is 0 Å². The van der Waals surface area contributed by atoms with Crippen molar-refractivity contribution in [3.8, 4) is 0 Å². The zero-order chi connectivity index (χ0) is 21.3. The summed E-state index contributed by atoms with van der Waals surface area (Å²) in [7, 11) is 0. The summed E-state index contributed by atoms with van der Waals surface area (Å²) in [6.07, 6.45) is 3.67. The van der Waals surface area contributed by atoms with E-state index in [2.05, 4.69) is 22.8 Å². The van der Waals surface area contributed by atoms with E-state index in [1.807, 2.05) is 49.4 Å².